The van der Waals surface area contributed by atoms with E-state index in [4.69, 9.17) is 4.74 Å². The van der Waals surface area contributed by atoms with Gasteiger partial charge in [-0.15, -0.1) is 0 Å². The van der Waals surface area contributed by atoms with Crippen molar-refractivity contribution >= 4 is 32.9 Å². The van der Waals surface area contributed by atoms with Gasteiger partial charge in [-0.3, -0.25) is 9.59 Å². The molecule has 1 spiro atoms. The Bertz CT molecular complexity index is 1190. The molecule has 3 heterocycles. The fourth-order valence-electron chi connectivity index (χ4n) is 3.89. The van der Waals surface area contributed by atoms with Crippen LogP contribution in [0.15, 0.2) is 45.2 Å². The quantitative estimate of drug-likeness (QED) is 0.729. The third kappa shape index (κ3) is 2.48. The molecule has 1 aromatic rings. The Hall–Kier alpha value is -3.01. The lowest BCUT2D eigenvalue weighted by atomic mass is 9.90. The third-order valence-electron chi connectivity index (χ3n) is 5.71. The van der Waals surface area contributed by atoms with Crippen LogP contribution in [0.3, 0.4) is 0 Å². The first kappa shape index (κ1) is 18.0. The van der Waals surface area contributed by atoms with E-state index >= 15 is 0 Å². The smallest absolute Gasteiger partial charge is 0.271 e. The second-order valence-corrected chi connectivity index (χ2v) is 9.78. The molecule has 10 heteroatoms. The van der Waals surface area contributed by atoms with Crippen LogP contribution in [0.5, 0.6) is 5.75 Å². The Kier molecular flexibility index (Phi) is 3.44. The molecule has 29 heavy (non-hydrogen) atoms. The van der Waals surface area contributed by atoms with E-state index in [0.717, 1.165) is 6.26 Å². The number of azo groups is 1. The minimum Gasteiger partial charge on any atom is -0.475 e. The van der Waals surface area contributed by atoms with Crippen molar-refractivity contribution in [2.75, 3.05) is 25.3 Å². The van der Waals surface area contributed by atoms with E-state index in [1.807, 2.05) is 0 Å². The highest BCUT2D eigenvalue weighted by Gasteiger charge is 2.58. The second-order valence-electron chi connectivity index (χ2n) is 7.76. The molecule has 3 aliphatic heterocycles. The van der Waals surface area contributed by atoms with Gasteiger partial charge in [0, 0.05) is 56.1 Å². The molecular formula is C19H18N4O5S. The van der Waals surface area contributed by atoms with Crippen molar-refractivity contribution in [3.8, 4) is 5.75 Å². The monoisotopic (exact) mass is 414 g/mol. The standard InChI is InChI=1S/C19H18N4O5S/c1-22-9-13(12-8-20-21-15(12)17(22)24)11-6-10(29(3,26)27)7-14-16(11)28-19(4-5-19)18(25)23(14)2/h6-9,15H,4-5H2,1-3H3. The molecule has 0 N–H and O–H groups in total. The topological polar surface area (TPSA) is 109 Å². The lowest BCUT2D eigenvalue weighted by Gasteiger charge is -2.35. The van der Waals surface area contributed by atoms with Crippen molar-refractivity contribution in [1.82, 2.24) is 4.90 Å². The van der Waals surface area contributed by atoms with Gasteiger partial charge in [-0.25, -0.2) is 8.42 Å². The molecule has 5 rings (SSSR count). The van der Waals surface area contributed by atoms with Crippen molar-refractivity contribution in [2.45, 2.75) is 29.4 Å². The molecular weight excluding hydrogens is 396 g/mol. The minimum atomic E-state index is -3.57. The molecule has 1 fully saturated rings. The van der Waals surface area contributed by atoms with Gasteiger partial charge in [-0.2, -0.15) is 10.2 Å². The second kappa shape index (κ2) is 5.53. The summed E-state index contributed by atoms with van der Waals surface area (Å²) in [4.78, 5) is 28.1. The molecule has 150 valence electrons. The molecule has 1 saturated carbocycles. The van der Waals surface area contributed by atoms with Crippen LogP contribution >= 0.6 is 0 Å². The fourth-order valence-corrected chi connectivity index (χ4v) is 4.54. The summed E-state index contributed by atoms with van der Waals surface area (Å²) in [6, 6.07) is 2.21. The van der Waals surface area contributed by atoms with Gasteiger partial charge in [0.2, 0.25) is 0 Å². The molecule has 1 atom stereocenters. The van der Waals surface area contributed by atoms with E-state index in [-0.39, 0.29) is 16.7 Å². The van der Waals surface area contributed by atoms with Crippen LogP contribution in [0.4, 0.5) is 5.69 Å². The number of likely N-dealkylation sites (N-methyl/N-ethyl adjacent to an activating group) is 2. The van der Waals surface area contributed by atoms with Gasteiger partial charge in [0.25, 0.3) is 11.8 Å². The van der Waals surface area contributed by atoms with Gasteiger partial charge in [0.05, 0.1) is 16.8 Å². The zero-order valence-electron chi connectivity index (χ0n) is 16.0. The van der Waals surface area contributed by atoms with E-state index in [9.17, 15) is 18.0 Å². The summed E-state index contributed by atoms with van der Waals surface area (Å²) in [6.07, 6.45) is 5.46. The van der Waals surface area contributed by atoms with Gasteiger partial charge in [0.15, 0.2) is 27.2 Å². The van der Waals surface area contributed by atoms with Crippen LogP contribution in [0, 0.1) is 0 Å². The Labute approximate surface area is 167 Å². The predicted octanol–water partition coefficient (Wildman–Crippen LogP) is 1.51. The fraction of sp³-hybridized carbons (Fsp3) is 0.368. The van der Waals surface area contributed by atoms with Crippen molar-refractivity contribution < 1.29 is 22.7 Å². The summed E-state index contributed by atoms with van der Waals surface area (Å²) in [6.45, 7) is 0. The molecule has 1 aromatic carbocycles. The number of hydrogen-bond donors (Lipinski definition) is 0. The van der Waals surface area contributed by atoms with Crippen LogP contribution in [0.2, 0.25) is 0 Å². The van der Waals surface area contributed by atoms with Crippen LogP contribution in [0.25, 0.3) is 5.57 Å². The maximum Gasteiger partial charge on any atom is 0.271 e. The van der Waals surface area contributed by atoms with Crippen LogP contribution in [-0.2, 0) is 19.4 Å². The summed E-state index contributed by atoms with van der Waals surface area (Å²) < 4.78 is 30.8. The number of fused-ring (bicyclic) bond motifs is 2. The molecule has 0 aromatic heterocycles. The van der Waals surface area contributed by atoms with Crippen molar-refractivity contribution in [3.05, 3.63) is 35.7 Å². The summed E-state index contributed by atoms with van der Waals surface area (Å²) in [5.41, 5.74) is 1.17. The molecule has 2 amide bonds. The van der Waals surface area contributed by atoms with E-state index in [2.05, 4.69) is 10.2 Å². The van der Waals surface area contributed by atoms with Gasteiger partial charge in [-0.1, -0.05) is 0 Å². The SMILES string of the molecule is CN1C=C(c2cc(S(C)(=O)=O)cc3c2OC2(CC2)C(=O)N3C)C2=CN=NC2C1=O. The number of anilines is 1. The molecule has 0 radical (unpaired) electrons. The summed E-state index contributed by atoms with van der Waals surface area (Å²) in [7, 11) is -0.338. The first-order valence-electron chi connectivity index (χ1n) is 9.07. The van der Waals surface area contributed by atoms with Crippen LogP contribution < -0.4 is 9.64 Å². The Morgan fingerprint density at radius 2 is 1.93 bits per heavy atom. The van der Waals surface area contributed by atoms with E-state index < -0.39 is 21.5 Å². The van der Waals surface area contributed by atoms with E-state index in [1.165, 1.54) is 28.1 Å². The predicted molar refractivity (Wildman–Crippen MR) is 103 cm³/mol. The molecule has 0 saturated heterocycles. The molecule has 4 aliphatic rings. The normalized spacial score (nSPS) is 24.2. The first-order valence-corrected chi connectivity index (χ1v) is 11.0. The van der Waals surface area contributed by atoms with E-state index in [1.54, 1.807) is 20.3 Å². The lowest BCUT2D eigenvalue weighted by molar-refractivity contribution is -0.128. The van der Waals surface area contributed by atoms with Gasteiger partial charge in [0.1, 0.15) is 0 Å². The van der Waals surface area contributed by atoms with Crippen molar-refractivity contribution in [3.63, 3.8) is 0 Å². The number of carbonyl (C=O) groups is 2. The Balaban J connectivity index is 1.78. The number of benzene rings is 1. The largest absolute Gasteiger partial charge is 0.475 e. The minimum absolute atomic E-state index is 0.0609. The number of ether oxygens (including phenoxy) is 1. The zero-order valence-corrected chi connectivity index (χ0v) is 16.9. The van der Waals surface area contributed by atoms with Gasteiger partial charge < -0.3 is 14.5 Å². The lowest BCUT2D eigenvalue weighted by Crippen LogP contribution is -2.46. The highest BCUT2D eigenvalue weighted by Crippen LogP contribution is 2.53. The molecule has 9 nitrogen and oxygen atoms in total. The first-order chi connectivity index (χ1) is 13.6. The number of sulfone groups is 1. The highest BCUT2D eigenvalue weighted by atomic mass is 32.2. The summed E-state index contributed by atoms with van der Waals surface area (Å²) in [5.74, 6) is 0.0216. The average molecular weight is 414 g/mol. The summed E-state index contributed by atoms with van der Waals surface area (Å²) in [5, 5.41) is 7.88. The summed E-state index contributed by atoms with van der Waals surface area (Å²) >= 11 is 0. The molecule has 1 aliphatic carbocycles. The van der Waals surface area contributed by atoms with Crippen molar-refractivity contribution in [2.24, 2.45) is 10.2 Å². The van der Waals surface area contributed by atoms with Crippen LogP contribution in [-0.4, -0.2) is 57.1 Å². The molecule has 1 unspecified atom stereocenters. The number of rotatable bonds is 2. The number of carbonyl (C=O) groups excluding carboxylic acids is 2. The zero-order chi connectivity index (χ0) is 20.7. The number of nitrogens with zero attached hydrogens (tertiary/aromatic N) is 4. The maximum atomic E-state index is 12.7. The van der Waals surface area contributed by atoms with Crippen molar-refractivity contribution in [1.29, 1.82) is 0 Å². The van der Waals surface area contributed by atoms with Gasteiger partial charge >= 0.3 is 0 Å². The van der Waals surface area contributed by atoms with E-state index in [0.29, 0.717) is 41.0 Å². The van der Waals surface area contributed by atoms with Crippen LogP contribution in [0.1, 0.15) is 18.4 Å². The highest BCUT2D eigenvalue weighted by molar-refractivity contribution is 7.90. The average Bonchev–Trinajstić information content (AvgIpc) is 3.26. The number of amides is 2. The number of hydrogen-bond acceptors (Lipinski definition) is 7. The van der Waals surface area contributed by atoms with Gasteiger partial charge in [-0.05, 0) is 12.1 Å². The maximum absolute atomic E-state index is 12.7. The third-order valence-corrected chi connectivity index (χ3v) is 6.80. The Morgan fingerprint density at radius 3 is 2.59 bits per heavy atom. The molecule has 0 bridgehead atoms. The Morgan fingerprint density at radius 1 is 1.21 bits per heavy atom.